The average molecular weight is 402 g/mol. The first kappa shape index (κ1) is 19.3. The van der Waals surface area contributed by atoms with Crippen molar-refractivity contribution in [2.24, 2.45) is 7.05 Å². The minimum absolute atomic E-state index is 0.0280. The number of benzene rings is 2. The fourth-order valence-electron chi connectivity index (χ4n) is 3.11. The molecule has 9 heteroatoms. The summed E-state index contributed by atoms with van der Waals surface area (Å²) in [6, 6.07) is 6.86. The molecular weight excluding hydrogens is 387 g/mol. The van der Waals surface area contributed by atoms with E-state index in [1.807, 2.05) is 0 Å². The molecule has 2 atom stereocenters. The first-order valence-corrected chi connectivity index (χ1v) is 8.22. The van der Waals surface area contributed by atoms with E-state index in [-0.39, 0.29) is 27.4 Å². The lowest BCUT2D eigenvalue weighted by atomic mass is 9.77. The van der Waals surface area contributed by atoms with Gasteiger partial charge in [-0.2, -0.15) is 13.2 Å². The monoisotopic (exact) mass is 401 g/mol. The van der Waals surface area contributed by atoms with Gasteiger partial charge >= 0.3 is 11.9 Å². The van der Waals surface area contributed by atoms with Crippen LogP contribution in [-0.4, -0.2) is 21.0 Å². The molecule has 27 heavy (non-hydrogen) atoms. The average Bonchev–Trinajstić information content (AvgIpc) is 2.88. The number of nitrogens with zero attached hydrogens (tertiary/aromatic N) is 1. The number of hydrogen-bond donors (Lipinski definition) is 2. The van der Waals surface area contributed by atoms with E-state index in [9.17, 15) is 28.2 Å². The highest BCUT2D eigenvalue weighted by molar-refractivity contribution is 6.31. The number of rotatable bonds is 3. The highest BCUT2D eigenvalue weighted by Crippen LogP contribution is 2.50. The lowest BCUT2D eigenvalue weighted by molar-refractivity contribution is -0.274. The van der Waals surface area contributed by atoms with Crippen LogP contribution in [0.3, 0.4) is 0 Å². The number of alkyl halides is 3. The standard InChI is InChI=1S/C18H15ClF3NO4/c1-9(12-8-11(24)4-5-13(12)19)17(26,18(20,21)22)10-3-6-15-14(7-10)23(2)16(25)27-15/h3-9,24,26H,1-2H3. The molecule has 0 aliphatic heterocycles. The van der Waals surface area contributed by atoms with Crippen LogP contribution in [-0.2, 0) is 12.6 Å². The van der Waals surface area contributed by atoms with Crippen molar-refractivity contribution in [1.29, 1.82) is 0 Å². The Balaban J connectivity index is 2.26. The van der Waals surface area contributed by atoms with Gasteiger partial charge in [-0.3, -0.25) is 4.57 Å². The lowest BCUT2D eigenvalue weighted by Crippen LogP contribution is -2.46. The third kappa shape index (κ3) is 2.98. The maximum atomic E-state index is 14.0. The van der Waals surface area contributed by atoms with E-state index >= 15 is 0 Å². The molecule has 1 aromatic heterocycles. The molecule has 2 unspecified atom stereocenters. The van der Waals surface area contributed by atoms with Gasteiger partial charge in [0.2, 0.25) is 0 Å². The Bertz CT molecular complexity index is 1070. The molecular formula is C18H15ClF3NO4. The normalized spacial score (nSPS) is 15.7. The molecule has 2 aromatic carbocycles. The Morgan fingerprint density at radius 3 is 2.48 bits per heavy atom. The summed E-state index contributed by atoms with van der Waals surface area (Å²) in [7, 11) is 1.35. The fourth-order valence-corrected chi connectivity index (χ4v) is 3.39. The zero-order valence-corrected chi connectivity index (χ0v) is 15.0. The highest BCUT2D eigenvalue weighted by atomic mass is 35.5. The molecule has 3 aromatic rings. The van der Waals surface area contributed by atoms with Gasteiger partial charge in [-0.05, 0) is 41.5 Å². The second kappa shape index (κ2) is 6.31. The quantitative estimate of drug-likeness (QED) is 0.694. The molecule has 0 aliphatic carbocycles. The third-order valence-corrected chi connectivity index (χ3v) is 5.08. The molecule has 2 N–H and O–H groups in total. The van der Waals surface area contributed by atoms with Crippen LogP contribution in [0.5, 0.6) is 5.75 Å². The van der Waals surface area contributed by atoms with E-state index in [4.69, 9.17) is 16.0 Å². The highest BCUT2D eigenvalue weighted by Gasteiger charge is 2.59. The van der Waals surface area contributed by atoms with Gasteiger partial charge in [-0.25, -0.2) is 4.79 Å². The molecule has 0 spiro atoms. The molecule has 3 rings (SSSR count). The van der Waals surface area contributed by atoms with E-state index in [1.165, 1.54) is 25.2 Å². The summed E-state index contributed by atoms with van der Waals surface area (Å²) in [6.07, 6.45) is -5.07. The number of oxazole rings is 1. The van der Waals surface area contributed by atoms with Gasteiger partial charge in [0, 0.05) is 18.0 Å². The second-order valence-corrected chi connectivity index (χ2v) is 6.71. The zero-order valence-electron chi connectivity index (χ0n) is 14.2. The Hall–Kier alpha value is -2.45. The third-order valence-electron chi connectivity index (χ3n) is 4.74. The molecule has 0 radical (unpaired) electrons. The Kier molecular flexibility index (Phi) is 4.52. The minimum Gasteiger partial charge on any atom is -0.508 e. The summed E-state index contributed by atoms with van der Waals surface area (Å²) in [5.41, 5.74) is -3.68. The van der Waals surface area contributed by atoms with Gasteiger partial charge in [0.1, 0.15) is 5.75 Å². The topological polar surface area (TPSA) is 75.6 Å². The van der Waals surface area contributed by atoms with Crippen LogP contribution >= 0.6 is 11.6 Å². The van der Waals surface area contributed by atoms with E-state index < -0.39 is 29.0 Å². The maximum Gasteiger partial charge on any atom is 0.422 e. The van der Waals surface area contributed by atoms with E-state index in [2.05, 4.69) is 0 Å². The van der Waals surface area contributed by atoms with Gasteiger partial charge in [-0.1, -0.05) is 24.6 Å². The number of aromatic nitrogens is 1. The molecule has 144 valence electrons. The van der Waals surface area contributed by atoms with Crippen LogP contribution < -0.4 is 5.76 Å². The molecule has 1 heterocycles. The van der Waals surface area contributed by atoms with E-state index in [1.54, 1.807) is 0 Å². The molecule has 0 amide bonds. The molecule has 0 fully saturated rings. The van der Waals surface area contributed by atoms with Crippen molar-refractivity contribution >= 4 is 22.7 Å². The van der Waals surface area contributed by atoms with Crippen molar-refractivity contribution in [3.8, 4) is 5.75 Å². The van der Waals surface area contributed by atoms with Crippen LogP contribution in [0.15, 0.2) is 45.6 Å². The minimum atomic E-state index is -5.07. The van der Waals surface area contributed by atoms with Crippen molar-refractivity contribution in [3.63, 3.8) is 0 Å². The Morgan fingerprint density at radius 1 is 1.19 bits per heavy atom. The molecule has 0 aliphatic rings. The van der Waals surface area contributed by atoms with E-state index in [0.717, 1.165) is 29.7 Å². The summed E-state index contributed by atoms with van der Waals surface area (Å²) in [5.74, 6) is -2.57. The van der Waals surface area contributed by atoms with Crippen molar-refractivity contribution in [2.75, 3.05) is 0 Å². The summed E-state index contributed by atoms with van der Waals surface area (Å²) in [5, 5.41) is 20.4. The van der Waals surface area contributed by atoms with Crippen molar-refractivity contribution < 1.29 is 27.8 Å². The molecule has 0 saturated heterocycles. The summed E-state index contributed by atoms with van der Waals surface area (Å²) in [6.45, 7) is 1.16. The summed E-state index contributed by atoms with van der Waals surface area (Å²) >= 11 is 6.01. The zero-order chi connectivity index (χ0) is 20.1. The number of aromatic hydroxyl groups is 1. The second-order valence-electron chi connectivity index (χ2n) is 6.30. The first-order chi connectivity index (χ1) is 12.5. The first-order valence-electron chi connectivity index (χ1n) is 7.84. The lowest BCUT2D eigenvalue weighted by Gasteiger charge is -2.37. The number of fused-ring (bicyclic) bond motifs is 1. The predicted molar refractivity (Wildman–Crippen MR) is 92.9 cm³/mol. The largest absolute Gasteiger partial charge is 0.508 e. The van der Waals surface area contributed by atoms with Gasteiger partial charge in [0.15, 0.2) is 11.2 Å². The molecule has 5 nitrogen and oxygen atoms in total. The van der Waals surface area contributed by atoms with Gasteiger partial charge in [-0.15, -0.1) is 0 Å². The van der Waals surface area contributed by atoms with Crippen molar-refractivity contribution in [3.05, 3.63) is 63.1 Å². The summed E-state index contributed by atoms with van der Waals surface area (Å²) in [4.78, 5) is 11.6. The van der Waals surface area contributed by atoms with Crippen LogP contribution in [0.2, 0.25) is 5.02 Å². The van der Waals surface area contributed by atoms with Gasteiger partial charge in [0.05, 0.1) is 5.52 Å². The Labute approximate surface area is 156 Å². The van der Waals surface area contributed by atoms with Crippen LogP contribution in [0, 0.1) is 0 Å². The van der Waals surface area contributed by atoms with Crippen molar-refractivity contribution in [2.45, 2.75) is 24.6 Å². The number of halogens is 4. The molecule has 0 saturated carbocycles. The number of aryl methyl sites for hydroxylation is 1. The van der Waals surface area contributed by atoms with Gasteiger partial charge in [0.25, 0.3) is 0 Å². The molecule has 0 bridgehead atoms. The van der Waals surface area contributed by atoms with Crippen LogP contribution in [0.1, 0.15) is 24.0 Å². The summed E-state index contributed by atoms with van der Waals surface area (Å²) < 4.78 is 48.0. The SMILES string of the molecule is CC(c1cc(O)ccc1Cl)C(O)(c1ccc2oc(=O)n(C)c2c1)C(F)(F)F. The Morgan fingerprint density at radius 2 is 1.85 bits per heavy atom. The predicted octanol–water partition coefficient (Wildman–Crippen LogP) is 4.04. The number of phenols is 1. The smallest absolute Gasteiger partial charge is 0.422 e. The number of hydrogen-bond acceptors (Lipinski definition) is 4. The fraction of sp³-hybridized carbons (Fsp3) is 0.278. The van der Waals surface area contributed by atoms with Crippen LogP contribution in [0.4, 0.5) is 13.2 Å². The van der Waals surface area contributed by atoms with Crippen molar-refractivity contribution in [1.82, 2.24) is 4.57 Å². The number of phenolic OH excluding ortho intramolecular Hbond substituents is 1. The number of aliphatic hydroxyl groups is 1. The van der Waals surface area contributed by atoms with Crippen LogP contribution in [0.25, 0.3) is 11.1 Å². The van der Waals surface area contributed by atoms with Gasteiger partial charge < -0.3 is 14.6 Å². The maximum absolute atomic E-state index is 14.0. The van der Waals surface area contributed by atoms with E-state index in [0.29, 0.717) is 0 Å².